The largest absolute Gasteiger partial charge is 0.464 e. The van der Waals surface area contributed by atoms with Crippen LogP contribution in [-0.2, 0) is 66.7 Å². The second kappa shape index (κ2) is 14.8. The van der Waals surface area contributed by atoms with Crippen LogP contribution < -0.4 is 0 Å². The summed E-state index contributed by atoms with van der Waals surface area (Å²) >= 11 is 0. The van der Waals surface area contributed by atoms with E-state index < -0.39 is 97.2 Å². The minimum Gasteiger partial charge on any atom is -0.464 e. The first kappa shape index (κ1) is 33.0. The molecular formula is C25H32O14. The molecule has 1 rings (SSSR count). The molecular weight excluding hydrogens is 524 g/mol. The van der Waals surface area contributed by atoms with Gasteiger partial charge in [-0.1, -0.05) is 5.92 Å². The molecule has 1 aliphatic rings. The van der Waals surface area contributed by atoms with Gasteiger partial charge < -0.3 is 33.2 Å². The maximum Gasteiger partial charge on any atom is 0.379 e. The molecule has 0 aliphatic carbocycles. The van der Waals surface area contributed by atoms with Gasteiger partial charge in [0.2, 0.25) is 0 Å². The van der Waals surface area contributed by atoms with Gasteiger partial charge in [-0.15, -0.1) is 6.42 Å². The summed E-state index contributed by atoms with van der Waals surface area (Å²) in [5.41, 5.74) is 0. The molecule has 6 atom stereocenters. The normalized spacial score (nSPS) is 23.6. The molecule has 0 saturated carbocycles. The van der Waals surface area contributed by atoms with E-state index in [1.165, 1.54) is 0 Å². The molecule has 0 aromatic carbocycles. The van der Waals surface area contributed by atoms with Gasteiger partial charge in [-0.05, 0) is 0 Å². The van der Waals surface area contributed by atoms with Gasteiger partial charge in [0.15, 0.2) is 12.2 Å². The first-order chi connectivity index (χ1) is 18.1. The van der Waals surface area contributed by atoms with Crippen molar-refractivity contribution in [1.82, 2.24) is 0 Å². The van der Waals surface area contributed by atoms with Crippen LogP contribution in [0, 0.1) is 18.3 Å². The summed E-state index contributed by atoms with van der Waals surface area (Å²) in [4.78, 5) is 85.2. The van der Waals surface area contributed by atoms with Crippen LogP contribution in [0.3, 0.4) is 0 Å². The molecule has 14 nitrogen and oxygen atoms in total. The van der Waals surface area contributed by atoms with Gasteiger partial charge in [0.25, 0.3) is 0 Å². The maximum atomic E-state index is 12.9. The van der Waals surface area contributed by atoms with Crippen LogP contribution in [0.1, 0.15) is 53.9 Å². The second-order valence-electron chi connectivity index (χ2n) is 8.58. The summed E-state index contributed by atoms with van der Waals surface area (Å²) in [5.74, 6) is -7.71. The number of hydrogen-bond acceptors (Lipinski definition) is 14. The van der Waals surface area contributed by atoms with Crippen LogP contribution >= 0.6 is 0 Å². The third-order valence-electron chi connectivity index (χ3n) is 5.34. The molecule has 0 amide bonds. The first-order valence-corrected chi connectivity index (χ1v) is 11.7. The fourth-order valence-electron chi connectivity index (χ4n) is 4.11. The van der Waals surface area contributed by atoms with Gasteiger partial charge in [0, 0.05) is 47.0 Å². The van der Waals surface area contributed by atoms with Crippen molar-refractivity contribution in [1.29, 1.82) is 0 Å². The SMILES string of the molecule is C#CCC(=O)CC1C(OC(C)=O)CC(OC(C)=O)(C(=O)OC)OC1[C@H](OC(C)=O)[C@@H](COC(C)=O)OC(C)=O. The molecule has 0 bridgehead atoms. The number of rotatable bonds is 12. The number of methoxy groups -OCH3 is 1. The number of ether oxygens (including phenoxy) is 7. The van der Waals surface area contributed by atoms with Crippen molar-refractivity contribution in [3.05, 3.63) is 0 Å². The predicted molar refractivity (Wildman–Crippen MR) is 126 cm³/mol. The standard InChI is InChI=1S/C25H32O14/c1-8-9-18(31)10-19-20(35-14(3)27)11-25(24(32)33-7,38-17(6)30)39-22(19)23(37-16(5)29)21(36-15(4)28)12-34-13(2)26/h1,19-23H,9-12H2,2-7H3/t19?,20?,21-,22?,23-,25?/m1/s1. The number of ketones is 1. The van der Waals surface area contributed by atoms with Crippen molar-refractivity contribution in [2.75, 3.05) is 13.7 Å². The second-order valence-corrected chi connectivity index (χ2v) is 8.58. The monoisotopic (exact) mass is 556 g/mol. The summed E-state index contributed by atoms with van der Waals surface area (Å²) in [7, 11) is 0.973. The number of carbonyl (C=O) groups is 7. The van der Waals surface area contributed by atoms with Gasteiger partial charge in [-0.3, -0.25) is 28.8 Å². The van der Waals surface area contributed by atoms with E-state index >= 15 is 0 Å². The maximum absolute atomic E-state index is 12.9. The van der Waals surface area contributed by atoms with E-state index in [-0.39, 0.29) is 6.42 Å². The molecule has 216 valence electrons. The zero-order valence-corrected chi connectivity index (χ0v) is 22.5. The fraction of sp³-hybridized carbons (Fsp3) is 0.640. The van der Waals surface area contributed by atoms with Gasteiger partial charge in [0.05, 0.1) is 20.0 Å². The zero-order chi connectivity index (χ0) is 29.9. The van der Waals surface area contributed by atoms with Crippen molar-refractivity contribution in [3.8, 4) is 12.3 Å². The smallest absolute Gasteiger partial charge is 0.379 e. The molecule has 0 spiro atoms. The highest BCUT2D eigenvalue weighted by Gasteiger charge is 2.60. The van der Waals surface area contributed by atoms with Gasteiger partial charge in [-0.25, -0.2) is 4.79 Å². The Labute approximate surface area is 224 Å². The Hall–Kier alpha value is -3.99. The van der Waals surface area contributed by atoms with Crippen LogP contribution in [0.5, 0.6) is 0 Å². The third-order valence-corrected chi connectivity index (χ3v) is 5.34. The molecule has 0 aromatic rings. The predicted octanol–water partition coefficient (Wildman–Crippen LogP) is 0.165. The van der Waals surface area contributed by atoms with Crippen LogP contribution in [0.25, 0.3) is 0 Å². The Morgan fingerprint density at radius 3 is 2.00 bits per heavy atom. The summed E-state index contributed by atoms with van der Waals surface area (Å²) in [6.45, 7) is 4.49. The summed E-state index contributed by atoms with van der Waals surface area (Å²) in [6.07, 6.45) is -2.37. The molecule has 0 radical (unpaired) electrons. The average Bonchev–Trinajstić information content (AvgIpc) is 2.80. The summed E-state index contributed by atoms with van der Waals surface area (Å²) in [6, 6.07) is 0. The van der Waals surface area contributed by atoms with Crippen molar-refractivity contribution in [3.63, 3.8) is 0 Å². The molecule has 1 aliphatic heterocycles. The topological polar surface area (TPSA) is 184 Å². The summed E-state index contributed by atoms with van der Waals surface area (Å²) in [5, 5.41) is 0. The molecule has 1 saturated heterocycles. The highest BCUT2D eigenvalue weighted by Crippen LogP contribution is 2.41. The Balaban J connectivity index is 3.88. The number of Topliss-reactive ketones (excluding diaryl/α,β-unsaturated/α-hetero) is 1. The fourth-order valence-corrected chi connectivity index (χ4v) is 4.11. The van der Waals surface area contributed by atoms with Crippen molar-refractivity contribution in [2.45, 2.75) is 84.1 Å². The third kappa shape index (κ3) is 10.0. The average molecular weight is 557 g/mol. The molecule has 39 heavy (non-hydrogen) atoms. The lowest BCUT2D eigenvalue weighted by atomic mass is 9.79. The highest BCUT2D eigenvalue weighted by atomic mass is 16.8. The minimum absolute atomic E-state index is 0.332. The van der Waals surface area contributed by atoms with Crippen LogP contribution in [0.15, 0.2) is 0 Å². The minimum atomic E-state index is -2.54. The Kier molecular flexibility index (Phi) is 12.6. The molecule has 1 heterocycles. The van der Waals surface area contributed by atoms with Crippen molar-refractivity contribution in [2.24, 2.45) is 5.92 Å². The Morgan fingerprint density at radius 2 is 1.54 bits per heavy atom. The lowest BCUT2D eigenvalue weighted by Crippen LogP contribution is -2.64. The lowest BCUT2D eigenvalue weighted by molar-refractivity contribution is -0.312. The zero-order valence-electron chi connectivity index (χ0n) is 22.5. The highest BCUT2D eigenvalue weighted by molar-refractivity contribution is 5.83. The van der Waals surface area contributed by atoms with E-state index in [4.69, 9.17) is 39.6 Å². The quantitative estimate of drug-likeness (QED) is 0.180. The number of esters is 6. The van der Waals surface area contributed by atoms with E-state index in [1.807, 2.05) is 0 Å². The Bertz CT molecular complexity index is 1010. The molecule has 14 heteroatoms. The first-order valence-electron chi connectivity index (χ1n) is 11.7. The van der Waals surface area contributed by atoms with Gasteiger partial charge >= 0.3 is 41.6 Å². The van der Waals surface area contributed by atoms with Crippen LogP contribution in [-0.4, -0.2) is 85.5 Å². The number of terminal acetylenes is 1. The van der Waals surface area contributed by atoms with E-state index in [2.05, 4.69) is 5.92 Å². The molecule has 0 N–H and O–H groups in total. The van der Waals surface area contributed by atoms with Crippen molar-refractivity contribution >= 4 is 41.6 Å². The Morgan fingerprint density at radius 1 is 0.923 bits per heavy atom. The van der Waals surface area contributed by atoms with Gasteiger partial charge in [0.1, 0.15) is 24.6 Å². The van der Waals surface area contributed by atoms with Crippen molar-refractivity contribution < 1.29 is 66.7 Å². The van der Waals surface area contributed by atoms with E-state index in [0.717, 1.165) is 41.7 Å². The van der Waals surface area contributed by atoms with Crippen LogP contribution in [0.2, 0.25) is 0 Å². The van der Waals surface area contributed by atoms with E-state index in [9.17, 15) is 33.6 Å². The van der Waals surface area contributed by atoms with Crippen LogP contribution in [0.4, 0.5) is 0 Å². The van der Waals surface area contributed by atoms with E-state index in [0.29, 0.717) is 0 Å². The lowest BCUT2D eigenvalue weighted by Gasteiger charge is -2.48. The number of hydrogen-bond donors (Lipinski definition) is 0. The molecule has 1 fully saturated rings. The number of carbonyl (C=O) groups excluding carboxylic acids is 7. The molecule has 4 unspecified atom stereocenters. The van der Waals surface area contributed by atoms with E-state index in [1.54, 1.807) is 0 Å². The summed E-state index contributed by atoms with van der Waals surface area (Å²) < 4.78 is 37.0. The van der Waals surface area contributed by atoms with Gasteiger partial charge in [-0.2, -0.15) is 0 Å². The molecule has 0 aromatic heterocycles.